The number of ether oxygens (including phenoxy) is 1. The largest absolute Gasteiger partial charge is 0.491 e. The van der Waals surface area contributed by atoms with E-state index < -0.39 is 6.10 Å². The highest BCUT2D eigenvalue weighted by Crippen LogP contribution is 2.11. The quantitative estimate of drug-likeness (QED) is 0.693. The maximum absolute atomic E-state index is 9.94. The van der Waals surface area contributed by atoms with Crippen LogP contribution in [0.1, 0.15) is 45.6 Å². The molecule has 1 aromatic carbocycles. The van der Waals surface area contributed by atoms with Crippen LogP contribution in [0, 0.1) is 12.8 Å². The van der Waals surface area contributed by atoms with Gasteiger partial charge in [-0.15, -0.1) is 0 Å². The van der Waals surface area contributed by atoms with Gasteiger partial charge in [0.25, 0.3) is 0 Å². The summed E-state index contributed by atoms with van der Waals surface area (Å²) in [5.41, 5.74) is 1.21. The minimum Gasteiger partial charge on any atom is -0.491 e. The number of rotatable bonds is 10. The molecule has 0 fully saturated rings. The minimum absolute atomic E-state index is 0.328. The van der Waals surface area contributed by atoms with Crippen LogP contribution in [0.5, 0.6) is 5.75 Å². The van der Waals surface area contributed by atoms with Gasteiger partial charge in [0.1, 0.15) is 18.5 Å². The first-order valence-electron chi connectivity index (χ1n) is 8.08. The van der Waals surface area contributed by atoms with Gasteiger partial charge in [0.2, 0.25) is 0 Å². The maximum Gasteiger partial charge on any atom is 0.119 e. The van der Waals surface area contributed by atoms with Crippen LogP contribution in [-0.4, -0.2) is 30.4 Å². The fourth-order valence-electron chi connectivity index (χ4n) is 2.16. The van der Waals surface area contributed by atoms with Crippen molar-refractivity contribution in [2.75, 3.05) is 13.2 Å². The van der Waals surface area contributed by atoms with Crippen molar-refractivity contribution < 1.29 is 9.84 Å². The molecule has 1 aromatic rings. The Morgan fingerprint density at radius 3 is 2.38 bits per heavy atom. The molecule has 2 N–H and O–H groups in total. The molecule has 0 bridgehead atoms. The molecule has 1 rings (SSSR count). The second-order valence-electron chi connectivity index (χ2n) is 6.41. The molecule has 21 heavy (non-hydrogen) atoms. The van der Waals surface area contributed by atoms with Crippen LogP contribution in [0.3, 0.4) is 0 Å². The molecular formula is C18H31NO2. The molecule has 0 amide bonds. The molecule has 3 nitrogen and oxygen atoms in total. The first-order chi connectivity index (χ1) is 9.97. The van der Waals surface area contributed by atoms with Crippen LogP contribution in [0.4, 0.5) is 0 Å². The second-order valence-corrected chi connectivity index (χ2v) is 6.41. The Balaban J connectivity index is 2.12. The van der Waals surface area contributed by atoms with E-state index in [1.807, 2.05) is 31.2 Å². The second kappa shape index (κ2) is 9.80. The number of aryl methyl sites for hydroxylation is 1. The smallest absolute Gasteiger partial charge is 0.119 e. The lowest BCUT2D eigenvalue weighted by Crippen LogP contribution is -2.36. The Morgan fingerprint density at radius 2 is 1.76 bits per heavy atom. The molecule has 2 atom stereocenters. The van der Waals surface area contributed by atoms with Crippen molar-refractivity contribution >= 4 is 0 Å². The number of hydrogen-bond donors (Lipinski definition) is 2. The van der Waals surface area contributed by atoms with Crippen molar-refractivity contribution in [1.82, 2.24) is 5.32 Å². The lowest BCUT2D eigenvalue weighted by atomic mass is 10.0. The lowest BCUT2D eigenvalue weighted by Gasteiger charge is -2.18. The van der Waals surface area contributed by atoms with E-state index in [0.29, 0.717) is 19.2 Å². The summed E-state index contributed by atoms with van der Waals surface area (Å²) in [7, 11) is 0. The Labute approximate surface area is 129 Å². The molecule has 2 unspecified atom stereocenters. The van der Waals surface area contributed by atoms with Crippen LogP contribution < -0.4 is 10.1 Å². The van der Waals surface area contributed by atoms with Crippen molar-refractivity contribution in [2.24, 2.45) is 5.92 Å². The summed E-state index contributed by atoms with van der Waals surface area (Å²) < 4.78 is 5.58. The van der Waals surface area contributed by atoms with E-state index in [9.17, 15) is 5.11 Å². The predicted molar refractivity (Wildman–Crippen MR) is 88.8 cm³/mol. The number of aliphatic hydroxyl groups is 1. The average molecular weight is 293 g/mol. The Morgan fingerprint density at radius 1 is 1.10 bits per heavy atom. The summed E-state index contributed by atoms with van der Waals surface area (Å²) in [6.07, 6.45) is 3.19. The number of aliphatic hydroxyl groups excluding tert-OH is 1. The Bertz CT molecular complexity index is 375. The lowest BCUT2D eigenvalue weighted by molar-refractivity contribution is 0.103. The van der Waals surface area contributed by atoms with E-state index in [2.05, 4.69) is 26.1 Å². The first-order valence-corrected chi connectivity index (χ1v) is 8.08. The zero-order valence-corrected chi connectivity index (χ0v) is 13.9. The van der Waals surface area contributed by atoms with Gasteiger partial charge < -0.3 is 15.2 Å². The van der Waals surface area contributed by atoms with Gasteiger partial charge >= 0.3 is 0 Å². The van der Waals surface area contributed by atoms with E-state index in [1.165, 1.54) is 18.4 Å². The molecule has 120 valence electrons. The highest BCUT2D eigenvalue weighted by molar-refractivity contribution is 5.26. The van der Waals surface area contributed by atoms with Crippen LogP contribution in [0.15, 0.2) is 24.3 Å². The summed E-state index contributed by atoms with van der Waals surface area (Å²) in [5.74, 6) is 1.58. The normalized spacial score (nSPS) is 14.2. The summed E-state index contributed by atoms with van der Waals surface area (Å²) >= 11 is 0. The highest BCUT2D eigenvalue weighted by Gasteiger charge is 2.08. The minimum atomic E-state index is -0.473. The molecular weight excluding hydrogens is 262 g/mol. The zero-order chi connectivity index (χ0) is 15.7. The van der Waals surface area contributed by atoms with Crippen LogP contribution in [0.2, 0.25) is 0 Å². The van der Waals surface area contributed by atoms with Crippen LogP contribution in [0.25, 0.3) is 0 Å². The van der Waals surface area contributed by atoms with Crippen LogP contribution >= 0.6 is 0 Å². The van der Waals surface area contributed by atoms with Gasteiger partial charge in [-0.3, -0.25) is 0 Å². The number of benzene rings is 1. The van der Waals surface area contributed by atoms with E-state index in [4.69, 9.17) is 4.74 Å². The van der Waals surface area contributed by atoms with Crippen molar-refractivity contribution in [3.63, 3.8) is 0 Å². The molecule has 0 saturated carbocycles. The molecule has 3 heteroatoms. The van der Waals surface area contributed by atoms with Crippen molar-refractivity contribution in [3.05, 3.63) is 29.8 Å². The van der Waals surface area contributed by atoms with Crippen LogP contribution in [-0.2, 0) is 0 Å². The standard InChI is InChI=1S/C18H31NO2/c1-14(2)6-5-7-16(4)19-12-17(20)13-21-18-10-8-15(3)9-11-18/h8-11,14,16-17,19-20H,5-7,12-13H2,1-4H3. The van der Waals surface area contributed by atoms with E-state index >= 15 is 0 Å². The fourth-order valence-corrected chi connectivity index (χ4v) is 2.16. The molecule has 0 aromatic heterocycles. The average Bonchev–Trinajstić information content (AvgIpc) is 2.44. The van der Waals surface area contributed by atoms with Crippen molar-refractivity contribution in [2.45, 2.75) is 59.1 Å². The third-order valence-electron chi connectivity index (χ3n) is 3.58. The number of nitrogens with one attached hydrogen (secondary N) is 1. The topological polar surface area (TPSA) is 41.5 Å². The number of hydrogen-bond acceptors (Lipinski definition) is 3. The molecule has 0 aliphatic rings. The highest BCUT2D eigenvalue weighted by atomic mass is 16.5. The molecule has 0 saturated heterocycles. The van der Waals surface area contributed by atoms with Crippen molar-refractivity contribution in [3.8, 4) is 5.75 Å². The molecule has 0 aliphatic heterocycles. The fraction of sp³-hybridized carbons (Fsp3) is 0.667. The third-order valence-corrected chi connectivity index (χ3v) is 3.58. The first kappa shape index (κ1) is 18.0. The SMILES string of the molecule is Cc1ccc(OCC(O)CNC(C)CCCC(C)C)cc1. The van der Waals surface area contributed by atoms with E-state index in [-0.39, 0.29) is 0 Å². The van der Waals surface area contributed by atoms with Gasteiger partial charge in [0.05, 0.1) is 0 Å². The predicted octanol–water partition coefficient (Wildman–Crippen LogP) is 3.54. The van der Waals surface area contributed by atoms with Gasteiger partial charge in [-0.05, 0) is 38.3 Å². The zero-order valence-electron chi connectivity index (χ0n) is 13.9. The molecule has 0 heterocycles. The van der Waals surface area contributed by atoms with E-state index in [0.717, 1.165) is 18.1 Å². The molecule has 0 radical (unpaired) electrons. The summed E-state index contributed by atoms with van der Waals surface area (Å²) in [6, 6.07) is 8.33. The van der Waals surface area contributed by atoms with Gasteiger partial charge in [0.15, 0.2) is 0 Å². The molecule has 0 spiro atoms. The van der Waals surface area contributed by atoms with E-state index in [1.54, 1.807) is 0 Å². The van der Waals surface area contributed by atoms with Gasteiger partial charge in [-0.25, -0.2) is 0 Å². The van der Waals surface area contributed by atoms with Gasteiger partial charge in [-0.2, -0.15) is 0 Å². The summed E-state index contributed by atoms with van der Waals surface area (Å²) in [6.45, 7) is 9.63. The van der Waals surface area contributed by atoms with Crippen molar-refractivity contribution in [1.29, 1.82) is 0 Å². The monoisotopic (exact) mass is 293 g/mol. The summed E-state index contributed by atoms with van der Waals surface area (Å²) in [4.78, 5) is 0. The van der Waals surface area contributed by atoms with Gasteiger partial charge in [-0.1, -0.05) is 44.4 Å². The Hall–Kier alpha value is -1.06. The third kappa shape index (κ3) is 8.74. The Kier molecular flexibility index (Phi) is 8.40. The van der Waals surface area contributed by atoms with Gasteiger partial charge in [0, 0.05) is 12.6 Å². The maximum atomic E-state index is 9.94. The molecule has 0 aliphatic carbocycles. The summed E-state index contributed by atoms with van der Waals surface area (Å²) in [5, 5.41) is 13.3.